The maximum Gasteiger partial charge on any atom is 0.416 e. The summed E-state index contributed by atoms with van der Waals surface area (Å²) in [7, 11) is 1.99. The molecule has 3 N–H and O–H groups in total. The van der Waals surface area contributed by atoms with Gasteiger partial charge in [0.25, 0.3) is 5.91 Å². The lowest BCUT2D eigenvalue weighted by molar-refractivity contribution is -0.138. The molecule has 1 saturated heterocycles. The number of likely N-dealkylation sites (N-methyl/N-ethyl adjacent to an activating group) is 1. The molecule has 6 nitrogen and oxygen atoms in total. The summed E-state index contributed by atoms with van der Waals surface area (Å²) in [5, 5.41) is 2.88. The molecule has 1 aliphatic heterocycles. The van der Waals surface area contributed by atoms with E-state index < -0.39 is 17.6 Å². The normalized spacial score (nSPS) is 14.6. The number of pyridine rings is 1. The van der Waals surface area contributed by atoms with E-state index >= 15 is 0 Å². The molecule has 1 amide bonds. The summed E-state index contributed by atoms with van der Waals surface area (Å²) in [6.45, 7) is 5.05. The number of amides is 1. The molecule has 0 saturated carbocycles. The molecule has 0 spiro atoms. The van der Waals surface area contributed by atoms with Crippen LogP contribution in [0.2, 0.25) is 5.02 Å². The summed E-state index contributed by atoms with van der Waals surface area (Å²) in [4.78, 5) is 21.1. The van der Waals surface area contributed by atoms with Crippen LogP contribution in [0.4, 0.5) is 24.7 Å². The third-order valence-electron chi connectivity index (χ3n) is 6.28. The van der Waals surface area contributed by atoms with Gasteiger partial charge in [-0.3, -0.25) is 9.69 Å². The number of carbonyl (C=O) groups excluding carboxylic acids is 1. The fraction of sp³-hybridized carbons (Fsp3) is 0.286. The Morgan fingerprint density at radius 1 is 1.08 bits per heavy atom. The zero-order chi connectivity index (χ0) is 27.4. The van der Waals surface area contributed by atoms with E-state index in [0.717, 1.165) is 24.7 Å². The van der Waals surface area contributed by atoms with Gasteiger partial charge in [0.05, 0.1) is 16.1 Å². The van der Waals surface area contributed by atoms with E-state index in [0.29, 0.717) is 29.2 Å². The SMILES string of the molecule is Cc1cnc(N)c(C#Cc2cc(C(=O)Nc3ccc(CN4CCN(C)CC4)c(C(F)(F)F)c3)ccc2Cl)c1. The quantitative estimate of drug-likeness (QED) is 0.453. The number of rotatable bonds is 4. The Morgan fingerprint density at radius 3 is 2.50 bits per heavy atom. The van der Waals surface area contributed by atoms with Crippen LogP contribution < -0.4 is 11.1 Å². The van der Waals surface area contributed by atoms with Crippen molar-refractivity contribution >= 4 is 29.0 Å². The van der Waals surface area contributed by atoms with Gasteiger partial charge >= 0.3 is 6.18 Å². The predicted octanol–water partition coefficient (Wildman–Crippen LogP) is 5.04. The molecule has 10 heteroatoms. The highest BCUT2D eigenvalue weighted by Gasteiger charge is 2.34. The average Bonchev–Trinajstić information content (AvgIpc) is 2.87. The number of nitrogen functional groups attached to an aromatic ring is 1. The highest BCUT2D eigenvalue weighted by atomic mass is 35.5. The second kappa shape index (κ2) is 11.4. The van der Waals surface area contributed by atoms with E-state index in [9.17, 15) is 18.0 Å². The average molecular weight is 542 g/mol. The molecule has 198 valence electrons. The minimum atomic E-state index is -4.56. The van der Waals surface area contributed by atoms with Crippen molar-refractivity contribution in [3.05, 3.63) is 87.1 Å². The van der Waals surface area contributed by atoms with Crippen LogP contribution in [0.5, 0.6) is 0 Å². The highest BCUT2D eigenvalue weighted by molar-refractivity contribution is 6.32. The number of piperazine rings is 1. The van der Waals surface area contributed by atoms with Crippen molar-refractivity contribution in [2.45, 2.75) is 19.6 Å². The number of alkyl halides is 3. The molecule has 1 fully saturated rings. The minimum absolute atomic E-state index is 0.0469. The van der Waals surface area contributed by atoms with E-state index in [1.54, 1.807) is 12.3 Å². The first-order valence-corrected chi connectivity index (χ1v) is 12.3. The number of aromatic nitrogens is 1. The molecule has 0 aliphatic carbocycles. The van der Waals surface area contributed by atoms with Crippen LogP contribution >= 0.6 is 11.6 Å². The monoisotopic (exact) mass is 541 g/mol. The fourth-order valence-corrected chi connectivity index (χ4v) is 4.25. The first-order valence-electron chi connectivity index (χ1n) is 12.0. The lowest BCUT2D eigenvalue weighted by Gasteiger charge is -2.33. The van der Waals surface area contributed by atoms with E-state index in [1.165, 1.54) is 30.3 Å². The predicted molar refractivity (Wildman–Crippen MR) is 143 cm³/mol. The van der Waals surface area contributed by atoms with Crippen molar-refractivity contribution in [3.63, 3.8) is 0 Å². The van der Waals surface area contributed by atoms with Gasteiger partial charge in [-0.1, -0.05) is 29.5 Å². The number of nitrogens with one attached hydrogen (secondary N) is 1. The zero-order valence-electron chi connectivity index (χ0n) is 21.0. The Kier molecular flexibility index (Phi) is 8.26. The van der Waals surface area contributed by atoms with Crippen LogP contribution in [0, 0.1) is 18.8 Å². The standard InChI is InChI=1S/C28H27ClF3N5O/c1-18-13-20(26(33)34-16-18)4-3-19-14-21(6-8-25(19)29)27(38)35-23-7-5-22(24(15-23)28(30,31)32)17-37-11-9-36(2)10-12-37/h5-8,13-16H,9-12,17H2,1-2H3,(H2,33,34)(H,35,38). The second-order valence-electron chi connectivity index (χ2n) is 9.29. The number of anilines is 2. The highest BCUT2D eigenvalue weighted by Crippen LogP contribution is 2.35. The van der Waals surface area contributed by atoms with Crippen molar-refractivity contribution in [3.8, 4) is 11.8 Å². The number of benzene rings is 2. The van der Waals surface area contributed by atoms with Crippen molar-refractivity contribution in [2.75, 3.05) is 44.3 Å². The number of carbonyl (C=O) groups is 1. The maximum atomic E-state index is 13.9. The number of hydrogen-bond acceptors (Lipinski definition) is 5. The molecule has 0 radical (unpaired) electrons. The van der Waals surface area contributed by atoms with Gasteiger partial charge in [-0.25, -0.2) is 4.98 Å². The first-order chi connectivity index (χ1) is 18.0. The number of hydrogen-bond donors (Lipinski definition) is 2. The summed E-state index contributed by atoms with van der Waals surface area (Å²) < 4.78 is 41.7. The van der Waals surface area contributed by atoms with E-state index in [1.807, 2.05) is 18.9 Å². The molecule has 2 heterocycles. The van der Waals surface area contributed by atoms with Gasteiger partial charge in [-0.15, -0.1) is 0 Å². The topological polar surface area (TPSA) is 74.5 Å². The molecule has 38 heavy (non-hydrogen) atoms. The lowest BCUT2D eigenvalue weighted by Crippen LogP contribution is -2.44. The molecule has 3 aromatic rings. The molecule has 0 atom stereocenters. The van der Waals surface area contributed by atoms with Gasteiger partial charge in [0.1, 0.15) is 5.82 Å². The molecule has 1 aliphatic rings. The van der Waals surface area contributed by atoms with Crippen LogP contribution in [0.3, 0.4) is 0 Å². The number of nitrogens with zero attached hydrogens (tertiary/aromatic N) is 3. The fourth-order valence-electron chi connectivity index (χ4n) is 4.08. The minimum Gasteiger partial charge on any atom is -0.383 e. The molecule has 4 rings (SSSR count). The Bertz CT molecular complexity index is 1410. The largest absolute Gasteiger partial charge is 0.416 e. The molecule has 2 aromatic carbocycles. The lowest BCUT2D eigenvalue weighted by atomic mass is 10.0. The smallest absolute Gasteiger partial charge is 0.383 e. The molecule has 0 unspecified atom stereocenters. The number of nitrogens with two attached hydrogens (primary N) is 1. The first kappa shape index (κ1) is 27.5. The van der Waals surface area contributed by atoms with Crippen LogP contribution in [-0.2, 0) is 12.7 Å². The van der Waals surface area contributed by atoms with Crippen LogP contribution in [0.1, 0.15) is 38.2 Å². The van der Waals surface area contributed by atoms with E-state index in [-0.39, 0.29) is 29.2 Å². The molecular weight excluding hydrogens is 515 g/mol. The third-order valence-corrected chi connectivity index (χ3v) is 6.61. The Morgan fingerprint density at radius 2 is 1.79 bits per heavy atom. The summed E-state index contributed by atoms with van der Waals surface area (Å²) >= 11 is 6.26. The Labute approximate surface area is 224 Å². The third kappa shape index (κ3) is 6.84. The number of halogens is 4. The van der Waals surface area contributed by atoms with Gasteiger partial charge in [0.2, 0.25) is 0 Å². The van der Waals surface area contributed by atoms with Crippen LogP contribution in [0.15, 0.2) is 48.7 Å². The Balaban J connectivity index is 1.54. The Hall–Kier alpha value is -3.58. The van der Waals surface area contributed by atoms with Gasteiger partial charge in [0.15, 0.2) is 0 Å². The summed E-state index contributed by atoms with van der Waals surface area (Å²) in [6.07, 6.45) is -2.93. The van der Waals surface area contributed by atoms with E-state index in [4.69, 9.17) is 17.3 Å². The summed E-state index contributed by atoms with van der Waals surface area (Å²) in [6, 6.07) is 10.2. The molecular formula is C28H27ClF3N5O. The van der Waals surface area contributed by atoms with Crippen molar-refractivity contribution in [2.24, 2.45) is 0 Å². The van der Waals surface area contributed by atoms with Crippen LogP contribution in [0.25, 0.3) is 0 Å². The summed E-state index contributed by atoms with van der Waals surface area (Å²) in [5.74, 6) is 5.49. The van der Waals surface area contributed by atoms with E-state index in [2.05, 4.69) is 27.0 Å². The van der Waals surface area contributed by atoms with Crippen molar-refractivity contribution in [1.29, 1.82) is 0 Å². The zero-order valence-corrected chi connectivity index (χ0v) is 21.7. The van der Waals surface area contributed by atoms with Crippen molar-refractivity contribution < 1.29 is 18.0 Å². The maximum absolute atomic E-state index is 13.9. The van der Waals surface area contributed by atoms with Crippen LogP contribution in [-0.4, -0.2) is 53.9 Å². The molecule has 0 bridgehead atoms. The van der Waals surface area contributed by atoms with Gasteiger partial charge in [0, 0.05) is 55.7 Å². The van der Waals surface area contributed by atoms with Gasteiger partial charge < -0.3 is 16.0 Å². The number of aryl methyl sites for hydroxylation is 1. The van der Waals surface area contributed by atoms with Gasteiger partial charge in [-0.2, -0.15) is 13.2 Å². The van der Waals surface area contributed by atoms with Gasteiger partial charge in [-0.05, 0) is 61.5 Å². The second-order valence-corrected chi connectivity index (χ2v) is 9.70. The van der Waals surface area contributed by atoms with Crippen molar-refractivity contribution in [1.82, 2.24) is 14.8 Å². The summed E-state index contributed by atoms with van der Waals surface area (Å²) in [5.41, 5.74) is 7.31. The molecule has 1 aromatic heterocycles.